The first-order valence-electron chi connectivity index (χ1n) is 5.12. The SMILES string of the molecule is CCc1nc(CCN)c2c(Br)cccn12. The van der Waals surface area contributed by atoms with Gasteiger partial charge in [-0.3, -0.25) is 0 Å². The van der Waals surface area contributed by atoms with Crippen LogP contribution in [0.5, 0.6) is 0 Å². The predicted octanol–water partition coefficient (Wildman–Crippen LogP) is 2.16. The number of hydrogen-bond donors (Lipinski definition) is 1. The predicted molar refractivity (Wildman–Crippen MR) is 65.0 cm³/mol. The molecule has 0 saturated carbocycles. The van der Waals surface area contributed by atoms with Crippen LogP contribution in [0, 0.1) is 0 Å². The maximum Gasteiger partial charge on any atom is 0.113 e. The number of nitrogens with zero attached hydrogens (tertiary/aromatic N) is 2. The fourth-order valence-corrected chi connectivity index (χ4v) is 2.37. The maximum absolute atomic E-state index is 5.59. The van der Waals surface area contributed by atoms with Crippen molar-refractivity contribution >= 4 is 21.4 Å². The van der Waals surface area contributed by atoms with E-state index in [1.54, 1.807) is 0 Å². The third kappa shape index (κ3) is 1.79. The fourth-order valence-electron chi connectivity index (χ4n) is 1.80. The normalized spacial score (nSPS) is 11.1. The van der Waals surface area contributed by atoms with E-state index in [-0.39, 0.29) is 0 Å². The van der Waals surface area contributed by atoms with Gasteiger partial charge in [-0.1, -0.05) is 6.92 Å². The quantitative estimate of drug-likeness (QED) is 0.927. The van der Waals surface area contributed by atoms with Crippen LogP contribution in [0.25, 0.3) is 5.52 Å². The van der Waals surface area contributed by atoms with Crippen molar-refractivity contribution in [2.75, 3.05) is 6.54 Å². The van der Waals surface area contributed by atoms with Gasteiger partial charge in [-0.15, -0.1) is 0 Å². The van der Waals surface area contributed by atoms with Gasteiger partial charge in [0.2, 0.25) is 0 Å². The number of imidazole rings is 1. The molecule has 0 aliphatic carbocycles. The van der Waals surface area contributed by atoms with E-state index in [0.29, 0.717) is 6.54 Å². The van der Waals surface area contributed by atoms with Crippen LogP contribution in [0.4, 0.5) is 0 Å². The Kier molecular flexibility index (Phi) is 3.07. The molecular formula is C11H14BrN3. The Morgan fingerprint density at radius 1 is 1.53 bits per heavy atom. The summed E-state index contributed by atoms with van der Waals surface area (Å²) in [6.45, 7) is 2.75. The van der Waals surface area contributed by atoms with Crippen LogP contribution in [-0.4, -0.2) is 15.9 Å². The van der Waals surface area contributed by atoms with Gasteiger partial charge >= 0.3 is 0 Å². The largest absolute Gasteiger partial charge is 0.330 e. The maximum atomic E-state index is 5.59. The second-order valence-corrected chi connectivity index (χ2v) is 4.30. The van der Waals surface area contributed by atoms with Crippen molar-refractivity contribution in [3.05, 3.63) is 34.3 Å². The van der Waals surface area contributed by atoms with E-state index in [1.165, 1.54) is 0 Å². The Labute approximate surface area is 97.4 Å². The Morgan fingerprint density at radius 3 is 3.00 bits per heavy atom. The van der Waals surface area contributed by atoms with E-state index < -0.39 is 0 Å². The number of hydrogen-bond acceptors (Lipinski definition) is 2. The third-order valence-corrected chi connectivity index (χ3v) is 3.10. The van der Waals surface area contributed by atoms with Crippen LogP contribution >= 0.6 is 15.9 Å². The highest BCUT2D eigenvalue weighted by molar-refractivity contribution is 9.10. The Bertz CT molecular complexity index is 476. The molecule has 2 heterocycles. The van der Waals surface area contributed by atoms with E-state index in [4.69, 9.17) is 5.73 Å². The second kappa shape index (κ2) is 4.33. The molecule has 4 heteroatoms. The van der Waals surface area contributed by atoms with Crippen molar-refractivity contribution in [1.29, 1.82) is 0 Å². The smallest absolute Gasteiger partial charge is 0.113 e. The van der Waals surface area contributed by atoms with Crippen LogP contribution in [-0.2, 0) is 12.8 Å². The Hall–Kier alpha value is -0.870. The van der Waals surface area contributed by atoms with Crippen LogP contribution in [0.2, 0.25) is 0 Å². The van der Waals surface area contributed by atoms with Gasteiger partial charge in [0.25, 0.3) is 0 Å². The van der Waals surface area contributed by atoms with Crippen LogP contribution in [0.15, 0.2) is 22.8 Å². The first kappa shape index (κ1) is 10.6. The van der Waals surface area contributed by atoms with Crippen molar-refractivity contribution in [2.45, 2.75) is 19.8 Å². The van der Waals surface area contributed by atoms with Crippen LogP contribution in [0.1, 0.15) is 18.4 Å². The molecule has 0 amide bonds. The zero-order chi connectivity index (χ0) is 10.8. The first-order chi connectivity index (χ1) is 7.27. The first-order valence-corrected chi connectivity index (χ1v) is 5.91. The van der Waals surface area contributed by atoms with Gasteiger partial charge in [0, 0.05) is 23.5 Å². The summed E-state index contributed by atoms with van der Waals surface area (Å²) in [6, 6.07) is 4.06. The summed E-state index contributed by atoms with van der Waals surface area (Å²) in [5.41, 5.74) is 7.83. The highest BCUT2D eigenvalue weighted by Crippen LogP contribution is 2.23. The zero-order valence-corrected chi connectivity index (χ0v) is 10.3. The summed E-state index contributed by atoms with van der Waals surface area (Å²) in [6.07, 6.45) is 3.81. The van der Waals surface area contributed by atoms with Gasteiger partial charge in [0.05, 0.1) is 11.2 Å². The number of halogens is 1. The minimum absolute atomic E-state index is 0.636. The van der Waals surface area contributed by atoms with Crippen molar-refractivity contribution < 1.29 is 0 Å². The lowest BCUT2D eigenvalue weighted by molar-refractivity contribution is 0.899. The van der Waals surface area contributed by atoms with E-state index in [9.17, 15) is 0 Å². The summed E-state index contributed by atoms with van der Waals surface area (Å²) in [5, 5.41) is 0. The van der Waals surface area contributed by atoms with E-state index in [1.807, 2.05) is 18.3 Å². The molecule has 2 N–H and O–H groups in total. The number of pyridine rings is 1. The summed E-state index contributed by atoms with van der Waals surface area (Å²) in [5.74, 6) is 1.09. The van der Waals surface area contributed by atoms with Crippen LogP contribution < -0.4 is 5.73 Å². The molecular weight excluding hydrogens is 254 g/mol. The number of fused-ring (bicyclic) bond motifs is 1. The van der Waals surface area contributed by atoms with Gasteiger partial charge in [-0.05, 0) is 34.6 Å². The van der Waals surface area contributed by atoms with Crippen molar-refractivity contribution in [2.24, 2.45) is 5.73 Å². The number of aryl methyl sites for hydroxylation is 1. The average Bonchev–Trinajstić information content (AvgIpc) is 2.59. The lowest BCUT2D eigenvalue weighted by Gasteiger charge is -2.00. The van der Waals surface area contributed by atoms with E-state index in [0.717, 1.165) is 34.3 Å². The standard InChI is InChI=1S/C11H14BrN3/c1-2-10-14-9(5-6-13)11-8(12)4-3-7-15(10)11/h3-4,7H,2,5-6,13H2,1H3. The fraction of sp³-hybridized carbons (Fsp3) is 0.364. The highest BCUT2D eigenvalue weighted by atomic mass is 79.9. The molecule has 0 atom stereocenters. The molecule has 15 heavy (non-hydrogen) atoms. The second-order valence-electron chi connectivity index (χ2n) is 3.44. The van der Waals surface area contributed by atoms with Crippen molar-refractivity contribution in [3.8, 4) is 0 Å². The monoisotopic (exact) mass is 267 g/mol. The molecule has 2 rings (SSSR count). The molecule has 0 radical (unpaired) electrons. The molecule has 3 nitrogen and oxygen atoms in total. The van der Waals surface area contributed by atoms with Gasteiger partial charge in [-0.25, -0.2) is 4.98 Å². The van der Waals surface area contributed by atoms with E-state index >= 15 is 0 Å². The van der Waals surface area contributed by atoms with E-state index in [2.05, 4.69) is 32.2 Å². The molecule has 0 unspecified atom stereocenters. The number of aromatic nitrogens is 2. The average molecular weight is 268 g/mol. The summed E-state index contributed by atoms with van der Waals surface area (Å²) < 4.78 is 3.22. The lowest BCUT2D eigenvalue weighted by Crippen LogP contribution is -2.03. The Balaban J connectivity index is 2.70. The highest BCUT2D eigenvalue weighted by Gasteiger charge is 2.11. The number of rotatable bonds is 3. The molecule has 0 fully saturated rings. The summed E-state index contributed by atoms with van der Waals surface area (Å²) in [4.78, 5) is 4.61. The summed E-state index contributed by atoms with van der Waals surface area (Å²) >= 11 is 3.56. The molecule has 0 bridgehead atoms. The molecule has 2 aromatic heterocycles. The minimum Gasteiger partial charge on any atom is -0.330 e. The molecule has 0 aliphatic rings. The Morgan fingerprint density at radius 2 is 2.33 bits per heavy atom. The van der Waals surface area contributed by atoms with Gasteiger partial charge in [0.1, 0.15) is 5.82 Å². The molecule has 2 aromatic rings. The van der Waals surface area contributed by atoms with Gasteiger partial charge in [0.15, 0.2) is 0 Å². The van der Waals surface area contributed by atoms with Crippen molar-refractivity contribution in [3.63, 3.8) is 0 Å². The lowest BCUT2D eigenvalue weighted by atomic mass is 10.2. The number of nitrogens with two attached hydrogens (primary N) is 1. The zero-order valence-electron chi connectivity index (χ0n) is 8.70. The third-order valence-electron chi connectivity index (χ3n) is 2.46. The van der Waals surface area contributed by atoms with Crippen molar-refractivity contribution in [1.82, 2.24) is 9.38 Å². The molecule has 0 saturated heterocycles. The molecule has 80 valence electrons. The minimum atomic E-state index is 0.636. The molecule has 0 spiro atoms. The van der Waals surface area contributed by atoms with Crippen LogP contribution in [0.3, 0.4) is 0 Å². The topological polar surface area (TPSA) is 43.3 Å². The van der Waals surface area contributed by atoms with Gasteiger partial charge in [-0.2, -0.15) is 0 Å². The molecule has 0 aliphatic heterocycles. The molecule has 0 aromatic carbocycles. The summed E-state index contributed by atoms with van der Waals surface area (Å²) in [7, 11) is 0. The van der Waals surface area contributed by atoms with Gasteiger partial charge < -0.3 is 10.1 Å².